The highest BCUT2D eigenvalue weighted by atomic mass is 19.1. The molecule has 2 aliphatic rings. The molecule has 1 aromatic heterocycles. The van der Waals surface area contributed by atoms with Crippen LogP contribution >= 0.6 is 0 Å². The van der Waals surface area contributed by atoms with Crippen LogP contribution in [-0.2, 0) is 13.2 Å². The van der Waals surface area contributed by atoms with Crippen molar-refractivity contribution in [1.82, 2.24) is 9.55 Å². The monoisotopic (exact) mass is 329 g/mol. The summed E-state index contributed by atoms with van der Waals surface area (Å²) >= 11 is 0. The highest BCUT2D eigenvalue weighted by Gasteiger charge is 2.29. The molecule has 2 bridgehead atoms. The molecule has 2 aromatic rings. The molecule has 0 spiro atoms. The van der Waals surface area contributed by atoms with Gasteiger partial charge in [0.2, 0.25) is 5.88 Å². The number of hydrogen-bond donors (Lipinski definition) is 0. The van der Waals surface area contributed by atoms with Crippen molar-refractivity contribution in [2.45, 2.75) is 32.9 Å². The Morgan fingerprint density at radius 1 is 1.29 bits per heavy atom. The standard InChI is InChI=1S/C18H20FN3O2/c1-12-5-14(7-15(19)6-12)11-24-16-8-17-21-4-2-3-13(9-21)10-22(17)18(23)20-16/h5-8,13H,2-4,9-11H2,1H3. The van der Waals surface area contributed by atoms with Gasteiger partial charge in [0.25, 0.3) is 0 Å². The van der Waals surface area contributed by atoms with Gasteiger partial charge in [-0.2, -0.15) is 4.98 Å². The third-order valence-electron chi connectivity index (χ3n) is 4.74. The summed E-state index contributed by atoms with van der Waals surface area (Å²) in [5.74, 6) is 1.44. The first-order valence-electron chi connectivity index (χ1n) is 8.34. The summed E-state index contributed by atoms with van der Waals surface area (Å²) in [6.07, 6.45) is 2.32. The summed E-state index contributed by atoms with van der Waals surface area (Å²) in [6, 6.07) is 6.60. The smallest absolute Gasteiger partial charge is 0.352 e. The van der Waals surface area contributed by atoms with Crippen LogP contribution < -0.4 is 15.3 Å². The number of ether oxygens (including phenoxy) is 1. The first-order chi connectivity index (χ1) is 11.6. The Morgan fingerprint density at radius 2 is 2.17 bits per heavy atom. The molecular weight excluding hydrogens is 309 g/mol. The van der Waals surface area contributed by atoms with Gasteiger partial charge in [-0.1, -0.05) is 6.07 Å². The van der Waals surface area contributed by atoms with Crippen molar-refractivity contribution < 1.29 is 9.13 Å². The summed E-state index contributed by atoms with van der Waals surface area (Å²) in [5, 5.41) is 0. The lowest BCUT2D eigenvalue weighted by molar-refractivity contribution is 0.283. The van der Waals surface area contributed by atoms with Crippen LogP contribution in [0.25, 0.3) is 0 Å². The molecule has 3 heterocycles. The van der Waals surface area contributed by atoms with Crippen molar-refractivity contribution >= 4 is 5.82 Å². The van der Waals surface area contributed by atoms with E-state index < -0.39 is 0 Å². The molecule has 0 amide bonds. The van der Waals surface area contributed by atoms with E-state index in [1.54, 1.807) is 4.57 Å². The Hall–Kier alpha value is -2.37. The predicted octanol–water partition coefficient (Wildman–Crippen LogP) is 2.50. The van der Waals surface area contributed by atoms with Gasteiger partial charge in [0.1, 0.15) is 18.2 Å². The summed E-state index contributed by atoms with van der Waals surface area (Å²) in [4.78, 5) is 18.6. The van der Waals surface area contributed by atoms with Crippen LogP contribution in [0.5, 0.6) is 5.88 Å². The topological polar surface area (TPSA) is 47.4 Å². The van der Waals surface area contributed by atoms with Crippen LogP contribution in [0.2, 0.25) is 0 Å². The van der Waals surface area contributed by atoms with E-state index in [0.717, 1.165) is 43.0 Å². The van der Waals surface area contributed by atoms with E-state index in [-0.39, 0.29) is 18.1 Å². The van der Waals surface area contributed by atoms with E-state index >= 15 is 0 Å². The van der Waals surface area contributed by atoms with Crippen molar-refractivity contribution in [3.63, 3.8) is 0 Å². The summed E-state index contributed by atoms with van der Waals surface area (Å²) < 4.78 is 20.9. The third kappa shape index (κ3) is 2.88. The molecule has 1 fully saturated rings. The Labute approximate surface area is 139 Å². The lowest BCUT2D eigenvalue weighted by Gasteiger charge is -2.40. The second-order valence-electron chi connectivity index (χ2n) is 6.73. The molecule has 0 aliphatic carbocycles. The zero-order valence-electron chi connectivity index (χ0n) is 13.7. The van der Waals surface area contributed by atoms with Gasteiger partial charge in [0.05, 0.1) is 0 Å². The molecule has 0 N–H and O–H groups in total. The van der Waals surface area contributed by atoms with Crippen LogP contribution in [0, 0.1) is 18.7 Å². The van der Waals surface area contributed by atoms with Crippen molar-refractivity contribution in [3.05, 3.63) is 51.7 Å². The zero-order chi connectivity index (χ0) is 16.7. The van der Waals surface area contributed by atoms with Gasteiger partial charge < -0.3 is 9.64 Å². The minimum Gasteiger partial charge on any atom is -0.473 e. The summed E-state index contributed by atoms with van der Waals surface area (Å²) in [5.41, 5.74) is 1.30. The van der Waals surface area contributed by atoms with Crippen LogP contribution in [0.15, 0.2) is 29.1 Å². The number of benzene rings is 1. The Bertz CT molecular complexity index is 813. The summed E-state index contributed by atoms with van der Waals surface area (Å²) in [7, 11) is 0. The fourth-order valence-electron chi connectivity index (χ4n) is 3.71. The first-order valence-corrected chi connectivity index (χ1v) is 8.34. The average Bonchev–Trinajstić information content (AvgIpc) is 2.54. The molecule has 1 unspecified atom stereocenters. The largest absolute Gasteiger partial charge is 0.473 e. The SMILES string of the molecule is Cc1cc(F)cc(COc2cc3n(c(=O)n2)CC2CCCN3C2)c1. The zero-order valence-corrected chi connectivity index (χ0v) is 13.7. The molecule has 24 heavy (non-hydrogen) atoms. The summed E-state index contributed by atoms with van der Waals surface area (Å²) in [6.45, 7) is 4.72. The lowest BCUT2D eigenvalue weighted by atomic mass is 9.96. The Balaban J connectivity index is 1.58. The van der Waals surface area contributed by atoms with E-state index in [0.29, 0.717) is 11.8 Å². The predicted molar refractivity (Wildman–Crippen MR) is 88.9 cm³/mol. The van der Waals surface area contributed by atoms with E-state index in [1.807, 2.05) is 19.1 Å². The number of halogens is 1. The Morgan fingerprint density at radius 3 is 3.00 bits per heavy atom. The molecule has 6 heteroatoms. The number of aryl methyl sites for hydroxylation is 1. The number of nitrogens with zero attached hydrogens (tertiary/aromatic N) is 3. The first kappa shape index (κ1) is 15.2. The van der Waals surface area contributed by atoms with Gasteiger partial charge in [-0.3, -0.25) is 4.57 Å². The fourth-order valence-corrected chi connectivity index (χ4v) is 3.71. The number of piperidine rings is 1. The molecule has 4 rings (SSSR count). The number of aromatic nitrogens is 2. The minimum atomic E-state index is -0.286. The number of fused-ring (bicyclic) bond motifs is 4. The van der Waals surface area contributed by atoms with Gasteiger partial charge in [-0.25, -0.2) is 9.18 Å². The van der Waals surface area contributed by atoms with Gasteiger partial charge >= 0.3 is 5.69 Å². The normalized spacial score (nSPS) is 19.1. The number of rotatable bonds is 3. The second kappa shape index (κ2) is 5.92. The van der Waals surface area contributed by atoms with E-state index in [4.69, 9.17) is 4.74 Å². The van der Waals surface area contributed by atoms with Crippen LogP contribution in [0.4, 0.5) is 10.2 Å². The van der Waals surface area contributed by atoms with Crippen molar-refractivity contribution in [2.24, 2.45) is 5.92 Å². The Kier molecular flexibility index (Phi) is 3.75. The van der Waals surface area contributed by atoms with E-state index in [2.05, 4.69) is 9.88 Å². The van der Waals surface area contributed by atoms with Crippen LogP contribution in [-0.4, -0.2) is 22.6 Å². The van der Waals surface area contributed by atoms with Gasteiger partial charge in [-0.05, 0) is 48.9 Å². The van der Waals surface area contributed by atoms with Crippen molar-refractivity contribution in [2.75, 3.05) is 18.0 Å². The molecule has 1 atom stereocenters. The molecule has 5 nitrogen and oxygen atoms in total. The van der Waals surface area contributed by atoms with Gasteiger partial charge in [0.15, 0.2) is 0 Å². The molecule has 1 saturated heterocycles. The maximum atomic E-state index is 13.5. The van der Waals surface area contributed by atoms with Crippen LogP contribution in [0.1, 0.15) is 24.0 Å². The molecule has 0 saturated carbocycles. The quantitative estimate of drug-likeness (QED) is 0.868. The number of hydrogen-bond acceptors (Lipinski definition) is 4. The average molecular weight is 329 g/mol. The van der Waals surface area contributed by atoms with Crippen molar-refractivity contribution in [1.29, 1.82) is 0 Å². The maximum absolute atomic E-state index is 13.5. The minimum absolute atomic E-state index is 0.192. The van der Waals surface area contributed by atoms with Gasteiger partial charge in [-0.15, -0.1) is 0 Å². The van der Waals surface area contributed by atoms with E-state index in [9.17, 15) is 9.18 Å². The molecule has 126 valence electrons. The highest BCUT2D eigenvalue weighted by Crippen LogP contribution is 2.30. The van der Waals surface area contributed by atoms with E-state index in [1.165, 1.54) is 18.6 Å². The highest BCUT2D eigenvalue weighted by molar-refractivity contribution is 5.44. The second-order valence-corrected chi connectivity index (χ2v) is 6.73. The third-order valence-corrected chi connectivity index (χ3v) is 4.74. The van der Waals surface area contributed by atoms with Crippen molar-refractivity contribution in [3.8, 4) is 5.88 Å². The maximum Gasteiger partial charge on any atom is 0.352 e. The fraction of sp³-hybridized carbons (Fsp3) is 0.444. The number of anilines is 1. The van der Waals surface area contributed by atoms with Crippen LogP contribution in [0.3, 0.4) is 0 Å². The lowest BCUT2D eigenvalue weighted by Crippen LogP contribution is -2.46. The molecule has 1 aromatic carbocycles. The van der Waals surface area contributed by atoms with Gasteiger partial charge in [0, 0.05) is 25.7 Å². The molecule has 0 radical (unpaired) electrons. The molecule has 2 aliphatic heterocycles. The molecular formula is C18H20FN3O2.